The normalized spacial score (nSPS) is 15.3. The van der Waals surface area contributed by atoms with Crippen molar-refractivity contribution in [3.05, 3.63) is 75.7 Å². The molecule has 9 nitrogen and oxygen atoms in total. The SMILES string of the molecule is CCOC(=O)c1c(NC(=O)c2ccc(O[C@H](C)C(=O)N/N=C/c3ccc(O)cc3)cc2)sc2c1CC[C@H](C)C2. The van der Waals surface area contributed by atoms with Crippen LogP contribution in [0.4, 0.5) is 5.00 Å². The second-order valence-electron chi connectivity index (χ2n) is 9.34. The number of thiophene rings is 1. The van der Waals surface area contributed by atoms with E-state index in [-0.39, 0.29) is 18.3 Å². The Morgan fingerprint density at radius 3 is 2.56 bits per heavy atom. The summed E-state index contributed by atoms with van der Waals surface area (Å²) < 4.78 is 11.0. The Labute approximate surface area is 230 Å². The number of phenolic OH excluding ortho intramolecular Hbond substituents is 1. The van der Waals surface area contributed by atoms with E-state index < -0.39 is 18.0 Å². The fourth-order valence-electron chi connectivity index (χ4n) is 4.20. The van der Waals surface area contributed by atoms with Gasteiger partial charge in [0.2, 0.25) is 0 Å². The molecule has 0 radical (unpaired) electrons. The van der Waals surface area contributed by atoms with Crippen molar-refractivity contribution < 1.29 is 29.0 Å². The molecule has 1 aliphatic carbocycles. The summed E-state index contributed by atoms with van der Waals surface area (Å²) in [4.78, 5) is 39.2. The Hall–Kier alpha value is -4.18. The van der Waals surface area contributed by atoms with E-state index >= 15 is 0 Å². The minimum absolute atomic E-state index is 0.142. The van der Waals surface area contributed by atoms with Crippen molar-refractivity contribution >= 4 is 40.3 Å². The first kappa shape index (κ1) is 27.8. The fourth-order valence-corrected chi connectivity index (χ4v) is 5.59. The maximum atomic E-state index is 13.0. The lowest BCUT2D eigenvalue weighted by atomic mass is 9.88. The smallest absolute Gasteiger partial charge is 0.341 e. The Morgan fingerprint density at radius 2 is 1.87 bits per heavy atom. The Balaban J connectivity index is 1.37. The summed E-state index contributed by atoms with van der Waals surface area (Å²) in [6.07, 6.45) is 3.27. The third kappa shape index (κ3) is 7.02. The van der Waals surface area contributed by atoms with Gasteiger partial charge in [0.1, 0.15) is 16.5 Å². The summed E-state index contributed by atoms with van der Waals surface area (Å²) in [5.41, 5.74) is 4.95. The van der Waals surface area contributed by atoms with E-state index in [1.807, 2.05) is 0 Å². The third-order valence-electron chi connectivity index (χ3n) is 6.30. The number of aromatic hydroxyl groups is 1. The van der Waals surface area contributed by atoms with Gasteiger partial charge in [-0.2, -0.15) is 5.10 Å². The van der Waals surface area contributed by atoms with E-state index in [9.17, 15) is 19.5 Å². The van der Waals surface area contributed by atoms with Crippen LogP contribution >= 0.6 is 11.3 Å². The lowest BCUT2D eigenvalue weighted by molar-refractivity contribution is -0.127. The first-order valence-electron chi connectivity index (χ1n) is 12.8. The van der Waals surface area contributed by atoms with Gasteiger partial charge in [0.05, 0.1) is 18.4 Å². The summed E-state index contributed by atoms with van der Waals surface area (Å²) in [5.74, 6) is -0.143. The lowest BCUT2D eigenvalue weighted by Gasteiger charge is -2.18. The van der Waals surface area contributed by atoms with Crippen LogP contribution in [0.1, 0.15) is 63.9 Å². The molecule has 204 valence electrons. The average Bonchev–Trinajstić information content (AvgIpc) is 3.27. The Morgan fingerprint density at radius 1 is 1.15 bits per heavy atom. The summed E-state index contributed by atoms with van der Waals surface area (Å²) in [6.45, 7) is 5.79. The van der Waals surface area contributed by atoms with Crippen LogP contribution in [0.5, 0.6) is 11.5 Å². The van der Waals surface area contributed by atoms with Crippen LogP contribution in [0.3, 0.4) is 0 Å². The van der Waals surface area contributed by atoms with Gasteiger partial charge in [-0.3, -0.25) is 9.59 Å². The zero-order valence-electron chi connectivity index (χ0n) is 22.0. The monoisotopic (exact) mass is 549 g/mol. The summed E-state index contributed by atoms with van der Waals surface area (Å²) in [7, 11) is 0. The second-order valence-corrected chi connectivity index (χ2v) is 10.4. The number of carbonyl (C=O) groups is 3. The molecule has 0 spiro atoms. The van der Waals surface area contributed by atoms with Gasteiger partial charge in [0, 0.05) is 10.4 Å². The first-order valence-corrected chi connectivity index (χ1v) is 13.6. The van der Waals surface area contributed by atoms with Crippen LogP contribution in [0.2, 0.25) is 0 Å². The molecular weight excluding hydrogens is 518 g/mol. The first-order chi connectivity index (χ1) is 18.7. The number of esters is 1. The highest BCUT2D eigenvalue weighted by molar-refractivity contribution is 7.17. The van der Waals surface area contributed by atoms with E-state index in [2.05, 4.69) is 22.8 Å². The van der Waals surface area contributed by atoms with Gasteiger partial charge >= 0.3 is 5.97 Å². The average molecular weight is 550 g/mol. The van der Waals surface area contributed by atoms with Crippen LogP contribution in [-0.2, 0) is 22.4 Å². The minimum atomic E-state index is -0.839. The maximum absolute atomic E-state index is 13.0. The molecule has 0 unspecified atom stereocenters. The molecule has 3 N–H and O–H groups in total. The van der Waals surface area contributed by atoms with Gasteiger partial charge < -0.3 is 19.9 Å². The van der Waals surface area contributed by atoms with E-state index in [4.69, 9.17) is 9.47 Å². The number of anilines is 1. The summed E-state index contributed by atoms with van der Waals surface area (Å²) >= 11 is 1.44. The highest BCUT2D eigenvalue weighted by atomic mass is 32.1. The number of phenols is 1. The number of hydrogen-bond acceptors (Lipinski definition) is 8. The van der Waals surface area contributed by atoms with Crippen LogP contribution in [0.15, 0.2) is 53.6 Å². The van der Waals surface area contributed by atoms with Crippen LogP contribution < -0.4 is 15.5 Å². The van der Waals surface area contributed by atoms with Crippen molar-refractivity contribution in [1.82, 2.24) is 5.43 Å². The predicted molar refractivity (Wildman–Crippen MR) is 150 cm³/mol. The standard InChI is InChI=1S/C29H31N3O6S/c1-4-37-29(36)25-23-14-5-17(2)15-24(23)39-28(25)31-27(35)20-8-12-22(13-9-20)38-18(3)26(34)32-30-16-19-6-10-21(33)11-7-19/h6-13,16-18,33H,4-5,14-15H2,1-3H3,(H,31,35)(H,32,34)/b30-16+/t17-,18+/m0/s1. The summed E-state index contributed by atoms with van der Waals surface area (Å²) in [5, 5.41) is 16.6. The fraction of sp³-hybridized carbons (Fsp3) is 0.310. The number of hydrogen-bond donors (Lipinski definition) is 3. The van der Waals surface area contributed by atoms with Crippen LogP contribution in [0.25, 0.3) is 0 Å². The van der Waals surface area contributed by atoms with Crippen molar-refractivity contribution in [2.24, 2.45) is 11.0 Å². The van der Waals surface area contributed by atoms with Crippen molar-refractivity contribution in [2.45, 2.75) is 46.1 Å². The van der Waals surface area contributed by atoms with Crippen LogP contribution in [0, 0.1) is 5.92 Å². The predicted octanol–water partition coefficient (Wildman–Crippen LogP) is 4.93. The molecule has 0 bridgehead atoms. The number of benzene rings is 2. The van der Waals surface area contributed by atoms with E-state index in [1.165, 1.54) is 29.7 Å². The van der Waals surface area contributed by atoms with Gasteiger partial charge in [-0.05, 0) is 98.7 Å². The molecule has 10 heteroatoms. The van der Waals surface area contributed by atoms with Crippen molar-refractivity contribution in [2.75, 3.05) is 11.9 Å². The third-order valence-corrected chi connectivity index (χ3v) is 7.47. The quantitative estimate of drug-likeness (QED) is 0.198. The number of carbonyl (C=O) groups excluding carboxylic acids is 3. The van der Waals surface area contributed by atoms with E-state index in [0.29, 0.717) is 33.4 Å². The van der Waals surface area contributed by atoms with Crippen molar-refractivity contribution in [3.63, 3.8) is 0 Å². The van der Waals surface area contributed by atoms with Gasteiger partial charge in [-0.1, -0.05) is 6.92 Å². The molecule has 1 aromatic heterocycles. The molecule has 39 heavy (non-hydrogen) atoms. The molecule has 2 atom stereocenters. The van der Waals surface area contributed by atoms with E-state index in [1.54, 1.807) is 50.2 Å². The number of nitrogens with zero attached hydrogens (tertiary/aromatic N) is 1. The molecule has 0 aliphatic heterocycles. The highest BCUT2D eigenvalue weighted by Crippen LogP contribution is 2.40. The molecule has 3 aromatic rings. The van der Waals surface area contributed by atoms with E-state index in [0.717, 1.165) is 29.7 Å². The number of rotatable bonds is 9. The molecule has 1 aliphatic rings. The van der Waals surface area contributed by atoms with Gasteiger partial charge in [-0.25, -0.2) is 10.2 Å². The zero-order valence-corrected chi connectivity index (χ0v) is 22.8. The molecule has 0 saturated heterocycles. The van der Waals surface area contributed by atoms with Crippen LogP contribution in [-0.4, -0.2) is 41.8 Å². The number of fused-ring (bicyclic) bond motifs is 1. The van der Waals surface area contributed by atoms with Crippen molar-refractivity contribution in [3.8, 4) is 11.5 Å². The lowest BCUT2D eigenvalue weighted by Crippen LogP contribution is -2.33. The molecule has 4 rings (SSSR count). The minimum Gasteiger partial charge on any atom is -0.508 e. The largest absolute Gasteiger partial charge is 0.508 e. The number of amides is 2. The Kier molecular flexibility index (Phi) is 8.98. The van der Waals surface area contributed by atoms with Crippen molar-refractivity contribution in [1.29, 1.82) is 0 Å². The van der Waals surface area contributed by atoms with Gasteiger partial charge in [0.25, 0.3) is 11.8 Å². The summed E-state index contributed by atoms with van der Waals surface area (Å²) in [6, 6.07) is 12.8. The van der Waals surface area contributed by atoms with Gasteiger partial charge in [-0.15, -0.1) is 11.3 Å². The Bertz CT molecular complexity index is 1360. The number of nitrogens with one attached hydrogen (secondary N) is 2. The maximum Gasteiger partial charge on any atom is 0.341 e. The number of ether oxygens (including phenoxy) is 2. The molecule has 1 heterocycles. The van der Waals surface area contributed by atoms with Gasteiger partial charge in [0.15, 0.2) is 6.10 Å². The second kappa shape index (κ2) is 12.6. The molecular formula is C29H31N3O6S. The molecule has 0 fully saturated rings. The topological polar surface area (TPSA) is 126 Å². The molecule has 2 aromatic carbocycles. The highest BCUT2D eigenvalue weighted by Gasteiger charge is 2.29. The number of hydrazone groups is 1. The molecule has 2 amide bonds. The zero-order chi connectivity index (χ0) is 27.9. The molecule has 0 saturated carbocycles.